The molecule has 0 radical (unpaired) electrons. The van der Waals surface area contributed by atoms with E-state index in [-0.39, 0.29) is 6.10 Å². The summed E-state index contributed by atoms with van der Waals surface area (Å²) < 4.78 is 41.5. The van der Waals surface area contributed by atoms with Crippen LogP contribution in [0.5, 0.6) is 0 Å². The van der Waals surface area contributed by atoms with E-state index in [9.17, 15) is 13.2 Å². The van der Waals surface area contributed by atoms with Crippen molar-refractivity contribution in [2.45, 2.75) is 58.1 Å². The maximum Gasteiger partial charge on any atom is 0.409 e. The quantitative estimate of drug-likeness (QED) is 0.500. The molecule has 0 aromatic carbocycles. The van der Waals surface area contributed by atoms with Gasteiger partial charge in [-0.1, -0.05) is 19.4 Å². The van der Waals surface area contributed by atoms with E-state index in [1.54, 1.807) is 0 Å². The van der Waals surface area contributed by atoms with Crippen molar-refractivity contribution >= 4 is 8.32 Å². The Morgan fingerprint density at radius 2 is 1.81 bits per heavy atom. The molecule has 0 saturated carbocycles. The predicted molar refractivity (Wildman–Crippen MR) is 62.9 cm³/mol. The third kappa shape index (κ3) is 10.2. The van der Waals surface area contributed by atoms with Gasteiger partial charge < -0.3 is 4.43 Å². The first kappa shape index (κ1) is 15.7. The molecule has 96 valence electrons. The first-order chi connectivity index (χ1) is 7.14. The van der Waals surface area contributed by atoms with Gasteiger partial charge >= 0.3 is 6.18 Å². The molecule has 0 aromatic rings. The monoisotopic (exact) mass is 254 g/mol. The minimum atomic E-state index is -4.21. The van der Waals surface area contributed by atoms with Crippen LogP contribution in [0.3, 0.4) is 0 Å². The van der Waals surface area contributed by atoms with Gasteiger partial charge in [0, 0.05) is 12.2 Å². The van der Waals surface area contributed by atoms with Gasteiger partial charge in [-0.25, -0.2) is 0 Å². The van der Waals surface area contributed by atoms with Crippen LogP contribution in [-0.4, -0.2) is 20.6 Å². The molecule has 1 atom stereocenters. The summed E-state index contributed by atoms with van der Waals surface area (Å²) in [6, 6.07) is 0. The smallest absolute Gasteiger partial charge is 0.409 e. The largest absolute Gasteiger partial charge is 0.414 e. The van der Waals surface area contributed by atoms with Gasteiger partial charge in [0.15, 0.2) is 8.32 Å². The molecule has 0 aromatic heterocycles. The molecular weight excluding hydrogens is 233 g/mol. The van der Waals surface area contributed by atoms with E-state index in [1.165, 1.54) is 6.08 Å². The molecule has 0 rings (SSSR count). The molecule has 0 bridgehead atoms. The molecule has 0 aliphatic rings. The first-order valence-electron chi connectivity index (χ1n) is 5.56. The minimum absolute atomic E-state index is 0.0738. The molecule has 0 amide bonds. The average molecular weight is 254 g/mol. The molecule has 0 saturated heterocycles. The highest BCUT2D eigenvalue weighted by molar-refractivity contribution is 6.69. The third-order valence-electron chi connectivity index (χ3n) is 1.84. The van der Waals surface area contributed by atoms with Gasteiger partial charge in [-0.3, -0.25) is 0 Å². The summed E-state index contributed by atoms with van der Waals surface area (Å²) in [5.74, 6) is 0. The van der Waals surface area contributed by atoms with E-state index in [1.807, 2.05) is 26.6 Å². The molecule has 16 heavy (non-hydrogen) atoms. The molecule has 1 unspecified atom stereocenters. The summed E-state index contributed by atoms with van der Waals surface area (Å²) in [7, 11) is -1.67. The summed E-state index contributed by atoms with van der Waals surface area (Å²) in [5.41, 5.74) is 0. The standard InChI is InChI=1S/C11H21F3OSi/c1-5-7-10(15-16(2,3)4)8-6-9-11(12,13)14/h6,9-10H,5,7-8H2,1-4H3. The number of hydrogen-bond donors (Lipinski definition) is 0. The van der Waals surface area contributed by atoms with Crippen LogP contribution in [0.1, 0.15) is 26.2 Å². The van der Waals surface area contributed by atoms with Gasteiger partial charge in [-0.05, 0) is 32.5 Å². The normalized spacial score (nSPS) is 15.7. The first-order valence-corrected chi connectivity index (χ1v) is 8.97. The fourth-order valence-electron chi connectivity index (χ4n) is 1.40. The molecule has 0 spiro atoms. The highest BCUT2D eigenvalue weighted by Gasteiger charge is 2.23. The van der Waals surface area contributed by atoms with Crippen LogP contribution in [0.4, 0.5) is 13.2 Å². The van der Waals surface area contributed by atoms with Crippen LogP contribution in [0.25, 0.3) is 0 Å². The highest BCUT2D eigenvalue weighted by Crippen LogP contribution is 2.19. The highest BCUT2D eigenvalue weighted by atomic mass is 28.4. The Morgan fingerprint density at radius 3 is 2.19 bits per heavy atom. The van der Waals surface area contributed by atoms with E-state index in [0.717, 1.165) is 12.8 Å². The SMILES string of the molecule is CCCC(CC=CC(F)(F)F)O[Si](C)(C)C. The van der Waals surface area contributed by atoms with Crippen LogP contribution in [-0.2, 0) is 4.43 Å². The van der Waals surface area contributed by atoms with Gasteiger partial charge in [-0.15, -0.1) is 0 Å². The molecular formula is C11H21F3OSi. The van der Waals surface area contributed by atoms with Crippen molar-refractivity contribution < 1.29 is 17.6 Å². The number of halogens is 3. The lowest BCUT2D eigenvalue weighted by Gasteiger charge is -2.25. The van der Waals surface area contributed by atoms with E-state index >= 15 is 0 Å². The Morgan fingerprint density at radius 1 is 1.25 bits per heavy atom. The van der Waals surface area contributed by atoms with Gasteiger partial charge in [0.05, 0.1) is 0 Å². The number of alkyl halides is 3. The molecule has 0 N–H and O–H groups in total. The summed E-state index contributed by atoms with van der Waals surface area (Å²) >= 11 is 0. The van der Waals surface area contributed by atoms with E-state index in [0.29, 0.717) is 12.5 Å². The lowest BCUT2D eigenvalue weighted by molar-refractivity contribution is -0.0801. The molecule has 0 heterocycles. The van der Waals surface area contributed by atoms with Crippen LogP contribution in [0.15, 0.2) is 12.2 Å². The van der Waals surface area contributed by atoms with E-state index in [2.05, 4.69) is 0 Å². The second-order valence-electron chi connectivity index (χ2n) is 4.82. The van der Waals surface area contributed by atoms with Crippen molar-refractivity contribution in [1.29, 1.82) is 0 Å². The zero-order valence-electron chi connectivity index (χ0n) is 10.4. The summed E-state index contributed by atoms with van der Waals surface area (Å²) in [6.45, 7) is 8.14. The fraction of sp³-hybridized carbons (Fsp3) is 0.818. The Labute approximate surface area is 96.8 Å². The summed E-state index contributed by atoms with van der Waals surface area (Å²) in [6.07, 6.45) is -0.742. The lowest BCUT2D eigenvalue weighted by atomic mass is 10.1. The van der Waals surface area contributed by atoms with Crippen LogP contribution >= 0.6 is 0 Å². The van der Waals surface area contributed by atoms with E-state index < -0.39 is 14.5 Å². The Kier molecular flexibility index (Phi) is 6.33. The molecule has 0 aliphatic carbocycles. The number of hydrogen-bond acceptors (Lipinski definition) is 1. The van der Waals surface area contributed by atoms with Crippen molar-refractivity contribution in [3.63, 3.8) is 0 Å². The van der Waals surface area contributed by atoms with Crippen LogP contribution in [0, 0.1) is 0 Å². The zero-order chi connectivity index (χ0) is 12.8. The average Bonchev–Trinajstić information content (AvgIpc) is 1.98. The molecule has 0 aliphatic heterocycles. The van der Waals surface area contributed by atoms with Crippen molar-refractivity contribution in [2.24, 2.45) is 0 Å². The Bertz CT molecular complexity index is 218. The van der Waals surface area contributed by atoms with E-state index in [4.69, 9.17) is 4.43 Å². The maximum atomic E-state index is 11.9. The van der Waals surface area contributed by atoms with Gasteiger partial charge in [-0.2, -0.15) is 13.2 Å². The van der Waals surface area contributed by atoms with Crippen molar-refractivity contribution in [3.8, 4) is 0 Å². The van der Waals surface area contributed by atoms with Crippen LogP contribution < -0.4 is 0 Å². The number of rotatable bonds is 6. The van der Waals surface area contributed by atoms with Gasteiger partial charge in [0.1, 0.15) is 0 Å². The van der Waals surface area contributed by atoms with Gasteiger partial charge in [0.25, 0.3) is 0 Å². The second-order valence-corrected chi connectivity index (χ2v) is 9.28. The summed E-state index contributed by atoms with van der Waals surface area (Å²) in [5, 5.41) is 0. The minimum Gasteiger partial charge on any atom is -0.414 e. The Balaban J connectivity index is 4.19. The zero-order valence-corrected chi connectivity index (χ0v) is 11.4. The van der Waals surface area contributed by atoms with Crippen LogP contribution in [0.2, 0.25) is 19.6 Å². The third-order valence-corrected chi connectivity index (χ3v) is 2.88. The number of allylic oxidation sites excluding steroid dienone is 1. The molecule has 1 nitrogen and oxygen atoms in total. The van der Waals surface area contributed by atoms with Crippen molar-refractivity contribution in [1.82, 2.24) is 0 Å². The fourth-order valence-corrected chi connectivity index (χ4v) is 2.61. The van der Waals surface area contributed by atoms with Crippen molar-refractivity contribution in [2.75, 3.05) is 0 Å². The summed E-state index contributed by atoms with van der Waals surface area (Å²) in [4.78, 5) is 0. The second kappa shape index (κ2) is 6.44. The Hall–Kier alpha value is -0.293. The van der Waals surface area contributed by atoms with Gasteiger partial charge in [0.2, 0.25) is 0 Å². The molecule has 5 heteroatoms. The lowest BCUT2D eigenvalue weighted by Crippen LogP contribution is -2.31. The maximum absolute atomic E-state index is 11.9. The predicted octanol–water partition coefficient (Wildman–Crippen LogP) is 4.52. The topological polar surface area (TPSA) is 9.23 Å². The molecule has 0 fully saturated rings. The van der Waals surface area contributed by atoms with Crippen molar-refractivity contribution in [3.05, 3.63) is 12.2 Å².